The molecule has 4 heteroatoms. The fourth-order valence-electron chi connectivity index (χ4n) is 1.75. The molecule has 0 aromatic heterocycles. The van der Waals surface area contributed by atoms with E-state index in [9.17, 15) is 0 Å². The molecule has 0 saturated carbocycles. The molecule has 4 nitrogen and oxygen atoms in total. The Bertz CT molecular complexity index is 211. The fourth-order valence-corrected chi connectivity index (χ4v) is 1.75. The molecule has 1 saturated heterocycles. The Kier molecular flexibility index (Phi) is 6.42. The number of rotatable bonds is 7. The second-order valence-electron chi connectivity index (χ2n) is 4.33. The first-order chi connectivity index (χ1) is 7.72. The number of ether oxygens (including phenoxy) is 2. The number of hydrazone groups is 1. The minimum absolute atomic E-state index is 0.00557. The summed E-state index contributed by atoms with van der Waals surface area (Å²) in [6.45, 7) is 3.68. The summed E-state index contributed by atoms with van der Waals surface area (Å²) < 4.78 is 10.8. The van der Waals surface area contributed by atoms with Crippen LogP contribution in [0.3, 0.4) is 0 Å². The van der Waals surface area contributed by atoms with Crippen molar-refractivity contribution < 1.29 is 9.47 Å². The molecule has 0 spiro atoms. The molecule has 0 aromatic carbocycles. The zero-order valence-corrected chi connectivity index (χ0v) is 10.7. The summed E-state index contributed by atoms with van der Waals surface area (Å²) in [5.41, 5.74) is 1.26. The molecular formula is C12H24N2O2. The lowest BCUT2D eigenvalue weighted by Gasteiger charge is -2.13. The number of unbranched alkanes of at least 4 members (excludes halogenated alkanes) is 1. The lowest BCUT2D eigenvalue weighted by atomic mass is 10.1. The second-order valence-corrected chi connectivity index (χ2v) is 4.33. The Morgan fingerprint density at radius 3 is 2.50 bits per heavy atom. The third-order valence-corrected chi connectivity index (χ3v) is 2.52. The van der Waals surface area contributed by atoms with Crippen LogP contribution < -0.4 is 0 Å². The lowest BCUT2D eigenvalue weighted by molar-refractivity contribution is -0.0451. The van der Waals surface area contributed by atoms with Gasteiger partial charge < -0.3 is 14.5 Å². The number of nitrogens with zero attached hydrogens (tertiary/aromatic N) is 2. The maximum absolute atomic E-state index is 5.42. The first-order valence-electron chi connectivity index (χ1n) is 6.19. The van der Waals surface area contributed by atoms with E-state index in [-0.39, 0.29) is 6.29 Å². The van der Waals surface area contributed by atoms with Crippen LogP contribution in [0.1, 0.15) is 39.0 Å². The summed E-state index contributed by atoms with van der Waals surface area (Å²) >= 11 is 0. The first-order valence-corrected chi connectivity index (χ1v) is 6.19. The Balaban J connectivity index is 2.30. The quantitative estimate of drug-likeness (QED) is 0.495. The third kappa shape index (κ3) is 5.47. The Hall–Kier alpha value is -0.610. The van der Waals surface area contributed by atoms with Gasteiger partial charge in [-0.05, 0) is 19.3 Å². The smallest absolute Gasteiger partial charge is 0.158 e. The molecule has 0 bridgehead atoms. The highest BCUT2D eigenvalue weighted by Crippen LogP contribution is 2.13. The van der Waals surface area contributed by atoms with E-state index in [4.69, 9.17) is 9.47 Å². The van der Waals surface area contributed by atoms with Gasteiger partial charge in [-0.3, -0.25) is 0 Å². The Morgan fingerprint density at radius 2 is 1.94 bits per heavy atom. The van der Waals surface area contributed by atoms with Gasteiger partial charge in [-0.15, -0.1) is 0 Å². The summed E-state index contributed by atoms with van der Waals surface area (Å²) in [5, 5.41) is 6.39. The topological polar surface area (TPSA) is 34.1 Å². The molecule has 94 valence electrons. The van der Waals surface area contributed by atoms with Gasteiger partial charge in [0.2, 0.25) is 0 Å². The molecule has 0 radical (unpaired) electrons. The van der Waals surface area contributed by atoms with Crippen molar-refractivity contribution in [3.63, 3.8) is 0 Å². The predicted octanol–water partition coefficient (Wildman–Crippen LogP) is 2.25. The van der Waals surface area contributed by atoms with Crippen LogP contribution in [0.15, 0.2) is 5.10 Å². The standard InChI is InChI=1S/C12H24N2O2/c1-4-5-6-11(13-14(2)3)7-8-12-15-9-10-16-12/h12H,4-10H2,1-3H3/b13-11+. The van der Waals surface area contributed by atoms with Crippen LogP contribution in [-0.4, -0.2) is 44.3 Å². The largest absolute Gasteiger partial charge is 0.350 e. The van der Waals surface area contributed by atoms with Gasteiger partial charge in [-0.1, -0.05) is 13.3 Å². The van der Waals surface area contributed by atoms with Crippen LogP contribution in [0.25, 0.3) is 0 Å². The van der Waals surface area contributed by atoms with Gasteiger partial charge in [0.25, 0.3) is 0 Å². The Morgan fingerprint density at radius 1 is 1.25 bits per heavy atom. The van der Waals surface area contributed by atoms with E-state index >= 15 is 0 Å². The van der Waals surface area contributed by atoms with Gasteiger partial charge in [0.15, 0.2) is 6.29 Å². The molecule has 1 rings (SSSR count). The van der Waals surface area contributed by atoms with Crippen molar-refractivity contribution in [3.8, 4) is 0 Å². The molecule has 0 atom stereocenters. The van der Waals surface area contributed by atoms with E-state index in [0.29, 0.717) is 0 Å². The highest BCUT2D eigenvalue weighted by atomic mass is 16.7. The van der Waals surface area contributed by atoms with Crippen LogP contribution in [0.5, 0.6) is 0 Å². The molecule has 1 aliphatic rings. The van der Waals surface area contributed by atoms with Crippen molar-refractivity contribution in [2.24, 2.45) is 5.10 Å². The van der Waals surface area contributed by atoms with Gasteiger partial charge in [-0.25, -0.2) is 0 Å². The zero-order valence-electron chi connectivity index (χ0n) is 10.7. The number of hydrogen-bond acceptors (Lipinski definition) is 4. The fraction of sp³-hybridized carbons (Fsp3) is 0.917. The van der Waals surface area contributed by atoms with Crippen LogP contribution in [-0.2, 0) is 9.47 Å². The Labute approximate surface area is 98.6 Å². The average Bonchev–Trinajstić information content (AvgIpc) is 2.74. The van der Waals surface area contributed by atoms with Gasteiger partial charge in [0.1, 0.15) is 0 Å². The molecular weight excluding hydrogens is 204 g/mol. The van der Waals surface area contributed by atoms with E-state index in [0.717, 1.165) is 32.5 Å². The highest BCUT2D eigenvalue weighted by Gasteiger charge is 2.16. The second kappa shape index (κ2) is 7.63. The molecule has 1 fully saturated rings. The number of hydrogen-bond donors (Lipinski definition) is 0. The summed E-state index contributed by atoms with van der Waals surface area (Å²) in [6, 6.07) is 0. The van der Waals surface area contributed by atoms with Crippen molar-refractivity contribution in [2.45, 2.75) is 45.3 Å². The minimum atomic E-state index is -0.00557. The van der Waals surface area contributed by atoms with Crippen molar-refractivity contribution >= 4 is 5.71 Å². The molecule has 1 heterocycles. The molecule has 0 N–H and O–H groups in total. The van der Waals surface area contributed by atoms with E-state index in [1.54, 1.807) is 0 Å². The summed E-state index contributed by atoms with van der Waals surface area (Å²) in [5.74, 6) is 0. The molecule has 1 aliphatic heterocycles. The molecule has 0 aliphatic carbocycles. The minimum Gasteiger partial charge on any atom is -0.350 e. The van der Waals surface area contributed by atoms with E-state index < -0.39 is 0 Å². The first kappa shape index (κ1) is 13.5. The maximum Gasteiger partial charge on any atom is 0.158 e. The van der Waals surface area contributed by atoms with Crippen LogP contribution in [0.2, 0.25) is 0 Å². The van der Waals surface area contributed by atoms with Crippen molar-refractivity contribution in [1.82, 2.24) is 5.01 Å². The van der Waals surface area contributed by atoms with Gasteiger partial charge in [0.05, 0.1) is 13.2 Å². The normalized spacial score (nSPS) is 18.1. The van der Waals surface area contributed by atoms with Gasteiger partial charge >= 0.3 is 0 Å². The third-order valence-electron chi connectivity index (χ3n) is 2.52. The zero-order chi connectivity index (χ0) is 11.8. The van der Waals surface area contributed by atoms with Gasteiger partial charge in [-0.2, -0.15) is 5.10 Å². The van der Waals surface area contributed by atoms with Crippen molar-refractivity contribution in [1.29, 1.82) is 0 Å². The lowest BCUT2D eigenvalue weighted by Crippen LogP contribution is -2.13. The molecule has 0 amide bonds. The monoisotopic (exact) mass is 228 g/mol. The maximum atomic E-state index is 5.42. The summed E-state index contributed by atoms with van der Waals surface area (Å²) in [7, 11) is 3.93. The highest BCUT2D eigenvalue weighted by molar-refractivity contribution is 5.84. The summed E-state index contributed by atoms with van der Waals surface area (Å²) in [4.78, 5) is 0. The predicted molar refractivity (Wildman–Crippen MR) is 65.6 cm³/mol. The van der Waals surface area contributed by atoms with Gasteiger partial charge in [0, 0.05) is 26.2 Å². The SMILES string of the molecule is CCCC/C(CCC1OCCO1)=N\N(C)C. The summed E-state index contributed by atoms with van der Waals surface area (Å²) in [6.07, 6.45) is 5.40. The van der Waals surface area contributed by atoms with Crippen LogP contribution >= 0.6 is 0 Å². The average molecular weight is 228 g/mol. The van der Waals surface area contributed by atoms with E-state index in [1.807, 2.05) is 19.1 Å². The van der Waals surface area contributed by atoms with Crippen LogP contribution in [0.4, 0.5) is 0 Å². The molecule has 16 heavy (non-hydrogen) atoms. The van der Waals surface area contributed by atoms with Crippen LogP contribution in [0, 0.1) is 0 Å². The van der Waals surface area contributed by atoms with E-state index in [2.05, 4.69) is 12.0 Å². The van der Waals surface area contributed by atoms with Crippen molar-refractivity contribution in [3.05, 3.63) is 0 Å². The van der Waals surface area contributed by atoms with E-state index in [1.165, 1.54) is 18.6 Å². The molecule has 0 unspecified atom stereocenters. The van der Waals surface area contributed by atoms with Crippen molar-refractivity contribution in [2.75, 3.05) is 27.3 Å². The molecule has 0 aromatic rings.